The van der Waals surface area contributed by atoms with Gasteiger partial charge in [-0.05, 0) is 42.0 Å². The van der Waals surface area contributed by atoms with Gasteiger partial charge in [0.05, 0.1) is 19.0 Å². The molecule has 0 atom stereocenters. The lowest BCUT2D eigenvalue weighted by Crippen LogP contribution is -2.31. The quantitative estimate of drug-likeness (QED) is 0.330. The Balaban J connectivity index is 1.51. The first-order chi connectivity index (χ1) is 17.1. The van der Waals surface area contributed by atoms with E-state index in [9.17, 15) is 4.79 Å². The summed E-state index contributed by atoms with van der Waals surface area (Å²) in [6.45, 7) is 0.120. The minimum absolute atomic E-state index is 0.120. The van der Waals surface area contributed by atoms with Crippen LogP contribution in [0.15, 0.2) is 84.5 Å². The van der Waals surface area contributed by atoms with E-state index in [0.29, 0.717) is 17.3 Å². The molecule has 0 spiro atoms. The molecule has 7 nitrogen and oxygen atoms in total. The Labute approximate surface area is 207 Å². The number of thiophene rings is 1. The predicted molar refractivity (Wildman–Crippen MR) is 141 cm³/mol. The minimum Gasteiger partial charge on any atom is -0.497 e. The van der Waals surface area contributed by atoms with E-state index in [1.54, 1.807) is 30.8 Å². The van der Waals surface area contributed by atoms with Crippen LogP contribution in [0.2, 0.25) is 0 Å². The molecule has 174 valence electrons. The van der Waals surface area contributed by atoms with Crippen molar-refractivity contribution in [1.82, 2.24) is 15.0 Å². The fourth-order valence-electron chi connectivity index (χ4n) is 3.82. The highest BCUT2D eigenvalue weighted by Crippen LogP contribution is 2.39. The molecule has 3 aromatic heterocycles. The van der Waals surface area contributed by atoms with Crippen LogP contribution in [-0.2, 0) is 4.79 Å². The van der Waals surface area contributed by atoms with Crippen LogP contribution in [0, 0.1) is 0 Å². The number of methoxy groups -OCH3 is 1. The molecule has 0 unspecified atom stereocenters. The van der Waals surface area contributed by atoms with Gasteiger partial charge in [0.2, 0.25) is 5.91 Å². The lowest BCUT2D eigenvalue weighted by atomic mass is 10.1. The molecular weight excluding hydrogens is 458 g/mol. The molecule has 0 fully saturated rings. The van der Waals surface area contributed by atoms with Gasteiger partial charge in [-0.1, -0.05) is 30.3 Å². The monoisotopic (exact) mass is 481 g/mol. The fourth-order valence-corrected chi connectivity index (χ4v) is 4.76. The first kappa shape index (κ1) is 22.5. The Hall–Kier alpha value is -4.30. The molecule has 0 saturated carbocycles. The number of amides is 1. The number of rotatable bonds is 7. The van der Waals surface area contributed by atoms with Gasteiger partial charge in [-0.3, -0.25) is 9.78 Å². The summed E-state index contributed by atoms with van der Waals surface area (Å²) in [5.41, 5.74) is 3.64. The van der Waals surface area contributed by atoms with E-state index in [1.807, 2.05) is 66.5 Å². The van der Waals surface area contributed by atoms with Crippen LogP contribution in [0.25, 0.3) is 32.7 Å². The molecule has 0 aliphatic rings. The standard InChI is InChI=1S/C27H23N5O2S/c1-32(16-23(33)29-20-10-12-21(34-2)13-11-20)26-24-22(18-7-4-3-5-8-18)17-35-27(24)31-25(30-26)19-9-6-14-28-15-19/h3-15,17H,16H2,1-2H3,(H,29,33). The number of aromatic nitrogens is 3. The van der Waals surface area contributed by atoms with E-state index in [0.717, 1.165) is 32.7 Å². The molecule has 5 rings (SSSR count). The van der Waals surface area contributed by atoms with Crippen LogP contribution in [0.4, 0.5) is 11.5 Å². The number of likely N-dealkylation sites (N-methyl/N-ethyl adjacent to an activating group) is 1. The molecule has 2 aromatic carbocycles. The van der Waals surface area contributed by atoms with Gasteiger partial charge in [0.1, 0.15) is 16.4 Å². The number of nitrogens with one attached hydrogen (secondary N) is 1. The molecule has 0 radical (unpaired) electrons. The molecule has 0 bridgehead atoms. The van der Waals surface area contributed by atoms with Gasteiger partial charge in [0, 0.05) is 41.6 Å². The second-order valence-corrected chi connectivity index (χ2v) is 8.80. The molecule has 35 heavy (non-hydrogen) atoms. The molecule has 1 N–H and O–H groups in total. The van der Waals surface area contributed by atoms with Crippen molar-refractivity contribution in [3.05, 3.63) is 84.5 Å². The normalized spacial score (nSPS) is 10.8. The lowest BCUT2D eigenvalue weighted by molar-refractivity contribution is -0.114. The second-order valence-electron chi connectivity index (χ2n) is 7.94. The maximum Gasteiger partial charge on any atom is 0.243 e. The van der Waals surface area contributed by atoms with Gasteiger partial charge in [-0.15, -0.1) is 11.3 Å². The number of anilines is 2. The lowest BCUT2D eigenvalue weighted by Gasteiger charge is -2.20. The number of carbonyl (C=O) groups is 1. The summed E-state index contributed by atoms with van der Waals surface area (Å²) >= 11 is 1.56. The predicted octanol–water partition coefficient (Wildman–Crippen LogP) is 5.50. The van der Waals surface area contributed by atoms with Gasteiger partial charge < -0.3 is 15.0 Å². The summed E-state index contributed by atoms with van der Waals surface area (Å²) in [6, 6.07) is 21.2. The topological polar surface area (TPSA) is 80.2 Å². The molecule has 0 aliphatic heterocycles. The fraction of sp³-hybridized carbons (Fsp3) is 0.111. The summed E-state index contributed by atoms with van der Waals surface area (Å²) in [7, 11) is 3.48. The van der Waals surface area contributed by atoms with Gasteiger partial charge in [0.25, 0.3) is 0 Å². The van der Waals surface area contributed by atoms with E-state index in [2.05, 4.69) is 27.8 Å². The number of hydrogen-bond acceptors (Lipinski definition) is 7. The summed E-state index contributed by atoms with van der Waals surface area (Å²) in [6.07, 6.45) is 3.46. The molecule has 5 aromatic rings. The molecular formula is C27H23N5O2S. The van der Waals surface area contributed by atoms with E-state index in [1.165, 1.54) is 0 Å². The third kappa shape index (κ3) is 4.83. The van der Waals surface area contributed by atoms with Crippen molar-refractivity contribution < 1.29 is 9.53 Å². The third-order valence-corrected chi connectivity index (χ3v) is 6.41. The number of fused-ring (bicyclic) bond motifs is 1. The summed E-state index contributed by atoms with van der Waals surface area (Å²) < 4.78 is 5.19. The number of pyridine rings is 1. The Bertz CT molecular complexity index is 1450. The van der Waals surface area contributed by atoms with Crippen LogP contribution in [0.3, 0.4) is 0 Å². The number of carbonyl (C=O) groups excluding carboxylic acids is 1. The molecule has 3 heterocycles. The summed E-state index contributed by atoms with van der Waals surface area (Å²) in [5, 5.41) is 5.96. The average molecular weight is 482 g/mol. The Morgan fingerprint density at radius 3 is 2.49 bits per heavy atom. The van der Waals surface area contributed by atoms with Gasteiger partial charge >= 0.3 is 0 Å². The van der Waals surface area contributed by atoms with E-state index in [-0.39, 0.29) is 12.5 Å². The van der Waals surface area contributed by atoms with Crippen LogP contribution in [-0.4, -0.2) is 41.6 Å². The zero-order chi connectivity index (χ0) is 24.2. The highest BCUT2D eigenvalue weighted by atomic mass is 32.1. The van der Waals surface area contributed by atoms with Crippen molar-refractivity contribution in [3.63, 3.8) is 0 Å². The zero-order valence-electron chi connectivity index (χ0n) is 19.3. The van der Waals surface area contributed by atoms with E-state index >= 15 is 0 Å². The summed E-state index contributed by atoms with van der Waals surface area (Å²) in [5.74, 6) is 1.85. The number of nitrogens with zero attached hydrogens (tertiary/aromatic N) is 4. The maximum absolute atomic E-state index is 12.9. The van der Waals surface area contributed by atoms with Crippen molar-refractivity contribution >= 4 is 39.0 Å². The number of hydrogen-bond donors (Lipinski definition) is 1. The SMILES string of the molecule is COc1ccc(NC(=O)CN(C)c2nc(-c3cccnc3)nc3scc(-c4ccccc4)c23)cc1. The first-order valence-electron chi connectivity index (χ1n) is 11.0. The van der Waals surface area contributed by atoms with Gasteiger partial charge in [-0.25, -0.2) is 9.97 Å². The highest BCUT2D eigenvalue weighted by molar-refractivity contribution is 7.17. The van der Waals surface area contributed by atoms with Crippen LogP contribution in [0.1, 0.15) is 0 Å². The smallest absolute Gasteiger partial charge is 0.243 e. The first-order valence-corrected chi connectivity index (χ1v) is 11.9. The Morgan fingerprint density at radius 2 is 1.77 bits per heavy atom. The average Bonchev–Trinajstić information content (AvgIpc) is 3.33. The van der Waals surface area contributed by atoms with Gasteiger partial charge in [-0.2, -0.15) is 0 Å². The zero-order valence-corrected chi connectivity index (χ0v) is 20.1. The van der Waals surface area contributed by atoms with Crippen molar-refractivity contribution in [1.29, 1.82) is 0 Å². The van der Waals surface area contributed by atoms with Crippen LogP contribution >= 0.6 is 11.3 Å². The minimum atomic E-state index is -0.149. The third-order valence-electron chi connectivity index (χ3n) is 5.54. The molecule has 8 heteroatoms. The van der Waals surface area contributed by atoms with Crippen molar-refractivity contribution in [2.24, 2.45) is 0 Å². The number of benzene rings is 2. The molecule has 0 aliphatic carbocycles. The number of ether oxygens (including phenoxy) is 1. The van der Waals surface area contributed by atoms with Crippen molar-refractivity contribution in [3.8, 4) is 28.3 Å². The van der Waals surface area contributed by atoms with E-state index in [4.69, 9.17) is 14.7 Å². The van der Waals surface area contributed by atoms with Gasteiger partial charge in [0.15, 0.2) is 5.82 Å². The summed E-state index contributed by atoms with van der Waals surface area (Å²) in [4.78, 5) is 29.6. The van der Waals surface area contributed by atoms with Crippen molar-refractivity contribution in [2.75, 3.05) is 30.9 Å². The Morgan fingerprint density at radius 1 is 1.00 bits per heavy atom. The van der Waals surface area contributed by atoms with E-state index < -0.39 is 0 Å². The second kappa shape index (κ2) is 9.90. The molecule has 0 saturated heterocycles. The Kier molecular flexibility index (Phi) is 6.36. The van der Waals surface area contributed by atoms with Crippen LogP contribution < -0.4 is 15.0 Å². The largest absolute Gasteiger partial charge is 0.497 e. The highest BCUT2D eigenvalue weighted by Gasteiger charge is 2.20. The van der Waals surface area contributed by atoms with Crippen LogP contribution in [0.5, 0.6) is 5.75 Å². The van der Waals surface area contributed by atoms with Crippen molar-refractivity contribution in [2.45, 2.75) is 0 Å². The molecule has 1 amide bonds. The maximum atomic E-state index is 12.9.